The van der Waals surface area contributed by atoms with E-state index in [9.17, 15) is 21.6 Å². The highest BCUT2D eigenvalue weighted by atomic mass is 32.2. The molecule has 0 aliphatic carbocycles. The number of rotatable bonds is 6. The van der Waals surface area contributed by atoms with Gasteiger partial charge >= 0.3 is 0 Å². The van der Waals surface area contributed by atoms with E-state index < -0.39 is 25.9 Å². The molecule has 10 heteroatoms. The van der Waals surface area contributed by atoms with E-state index in [1.165, 1.54) is 24.3 Å². The number of hydrogen-bond acceptors (Lipinski definition) is 6. The van der Waals surface area contributed by atoms with Crippen LogP contribution in [0.4, 0.5) is 5.69 Å². The number of aryl methyl sites for hydroxylation is 1. The Morgan fingerprint density at radius 1 is 1.00 bits per heavy atom. The van der Waals surface area contributed by atoms with Crippen molar-refractivity contribution in [1.82, 2.24) is 9.71 Å². The summed E-state index contributed by atoms with van der Waals surface area (Å²) in [6, 6.07) is 18.2. The number of pyridine rings is 1. The smallest absolute Gasteiger partial charge is 0.257 e. The molecule has 8 nitrogen and oxygen atoms in total. The molecule has 0 radical (unpaired) electrons. The monoisotopic (exact) mass is 485 g/mol. The Morgan fingerprint density at radius 3 is 2.30 bits per heavy atom. The summed E-state index contributed by atoms with van der Waals surface area (Å²) < 4.78 is 50.7. The average Bonchev–Trinajstić information content (AvgIpc) is 3.12. The first-order valence-electron chi connectivity index (χ1n) is 10.3. The normalized spacial score (nSPS) is 17.5. The van der Waals surface area contributed by atoms with Gasteiger partial charge in [0.15, 0.2) is 9.84 Å². The van der Waals surface area contributed by atoms with Crippen molar-refractivity contribution in [3.63, 3.8) is 0 Å². The van der Waals surface area contributed by atoms with Crippen molar-refractivity contribution >= 4 is 31.5 Å². The van der Waals surface area contributed by atoms with Crippen LogP contribution in [0.25, 0.3) is 11.3 Å². The number of nitrogens with one attached hydrogen (secondary N) is 2. The van der Waals surface area contributed by atoms with Crippen molar-refractivity contribution in [3.8, 4) is 11.3 Å². The lowest BCUT2D eigenvalue weighted by Crippen LogP contribution is -2.35. The van der Waals surface area contributed by atoms with Gasteiger partial charge in [0.05, 0.1) is 33.4 Å². The van der Waals surface area contributed by atoms with E-state index in [2.05, 4.69) is 15.0 Å². The van der Waals surface area contributed by atoms with Gasteiger partial charge in [-0.25, -0.2) is 21.6 Å². The number of carbonyl (C=O) groups excluding carboxylic acids is 1. The largest absolute Gasteiger partial charge is 0.322 e. The van der Waals surface area contributed by atoms with Crippen molar-refractivity contribution in [3.05, 3.63) is 78.0 Å². The highest BCUT2D eigenvalue weighted by Gasteiger charge is 2.31. The van der Waals surface area contributed by atoms with Crippen LogP contribution in [0, 0.1) is 6.92 Å². The summed E-state index contributed by atoms with van der Waals surface area (Å²) in [6.07, 6.45) is 0.256. The number of sulfone groups is 1. The van der Waals surface area contributed by atoms with Crippen molar-refractivity contribution in [2.75, 3.05) is 16.8 Å². The minimum Gasteiger partial charge on any atom is -0.322 e. The number of nitrogens with zero attached hydrogens (tertiary/aromatic N) is 1. The lowest BCUT2D eigenvalue weighted by Gasteiger charge is -2.12. The third-order valence-electron chi connectivity index (χ3n) is 5.38. The quantitative estimate of drug-likeness (QED) is 0.554. The van der Waals surface area contributed by atoms with Crippen LogP contribution in [0.5, 0.6) is 0 Å². The van der Waals surface area contributed by atoms with Gasteiger partial charge < -0.3 is 5.32 Å². The fourth-order valence-corrected chi connectivity index (χ4v) is 6.71. The fourth-order valence-electron chi connectivity index (χ4n) is 3.66. The van der Waals surface area contributed by atoms with Crippen molar-refractivity contribution in [2.24, 2.45) is 0 Å². The zero-order chi connectivity index (χ0) is 23.6. The standard InChI is InChI=1S/C23H23N3O5S2/c1-16-21(11-12-22(24-16)17-5-3-2-4-6-17)23(27)25-18-7-9-20(10-8-18)33(30,31)26-19-13-14-32(28,29)15-19/h2-12,19,26H,13-15H2,1H3,(H,25,27). The minimum atomic E-state index is -3.87. The van der Waals surface area contributed by atoms with Crippen LogP contribution < -0.4 is 10.0 Å². The SMILES string of the molecule is Cc1nc(-c2ccccc2)ccc1C(=O)Nc1ccc(S(=O)(=O)NC2CCS(=O)(=O)C2)cc1. The van der Waals surface area contributed by atoms with Gasteiger partial charge in [0.1, 0.15) is 0 Å². The molecule has 4 rings (SSSR count). The van der Waals surface area contributed by atoms with E-state index >= 15 is 0 Å². The van der Waals surface area contributed by atoms with Crippen LogP contribution in [-0.2, 0) is 19.9 Å². The molecule has 0 spiro atoms. The molecular weight excluding hydrogens is 462 g/mol. The molecular formula is C23H23N3O5S2. The number of aromatic nitrogens is 1. The van der Waals surface area contributed by atoms with Crippen molar-refractivity contribution < 1.29 is 21.6 Å². The molecule has 1 aromatic heterocycles. The Hall–Kier alpha value is -3.08. The van der Waals surface area contributed by atoms with Gasteiger partial charge in [0, 0.05) is 17.3 Å². The highest BCUT2D eigenvalue weighted by Crippen LogP contribution is 2.21. The van der Waals surface area contributed by atoms with E-state index in [0.717, 1.165) is 11.3 Å². The molecule has 1 amide bonds. The highest BCUT2D eigenvalue weighted by molar-refractivity contribution is 7.92. The van der Waals surface area contributed by atoms with E-state index in [1.54, 1.807) is 19.1 Å². The fraction of sp³-hybridized carbons (Fsp3) is 0.217. The van der Waals surface area contributed by atoms with Gasteiger partial charge in [-0.2, -0.15) is 0 Å². The predicted octanol–water partition coefficient (Wildman–Crippen LogP) is 2.77. The Bertz CT molecular complexity index is 1390. The maximum absolute atomic E-state index is 12.7. The van der Waals surface area contributed by atoms with Gasteiger partial charge in [-0.1, -0.05) is 30.3 Å². The number of benzene rings is 2. The maximum Gasteiger partial charge on any atom is 0.257 e. The molecule has 1 fully saturated rings. The number of carbonyl (C=O) groups is 1. The van der Waals surface area contributed by atoms with Crippen LogP contribution in [0.15, 0.2) is 71.6 Å². The predicted molar refractivity (Wildman–Crippen MR) is 126 cm³/mol. The summed E-state index contributed by atoms with van der Waals surface area (Å²) in [4.78, 5) is 17.2. The van der Waals surface area contributed by atoms with Crippen LogP contribution in [0.1, 0.15) is 22.5 Å². The first-order chi connectivity index (χ1) is 15.6. The van der Waals surface area contributed by atoms with E-state index in [4.69, 9.17) is 0 Å². The number of anilines is 1. The van der Waals surface area contributed by atoms with Crippen LogP contribution >= 0.6 is 0 Å². The number of hydrogen-bond donors (Lipinski definition) is 2. The molecule has 2 N–H and O–H groups in total. The molecule has 0 saturated carbocycles. The zero-order valence-corrected chi connectivity index (χ0v) is 19.5. The molecule has 3 aromatic rings. The van der Waals surface area contributed by atoms with E-state index in [-0.39, 0.29) is 28.7 Å². The molecule has 1 atom stereocenters. The van der Waals surface area contributed by atoms with Crippen LogP contribution in [-0.4, -0.2) is 45.3 Å². The molecule has 1 aliphatic heterocycles. The lowest BCUT2D eigenvalue weighted by atomic mass is 10.1. The third kappa shape index (κ3) is 5.47. The summed E-state index contributed by atoms with van der Waals surface area (Å²) in [6.45, 7) is 1.76. The van der Waals surface area contributed by atoms with Crippen molar-refractivity contribution in [1.29, 1.82) is 0 Å². The Kier molecular flexibility index (Phi) is 6.33. The van der Waals surface area contributed by atoms with Crippen LogP contribution in [0.2, 0.25) is 0 Å². The zero-order valence-electron chi connectivity index (χ0n) is 17.9. The van der Waals surface area contributed by atoms with Gasteiger partial charge in [-0.05, 0) is 49.7 Å². The minimum absolute atomic E-state index is 0.00476. The summed E-state index contributed by atoms with van der Waals surface area (Å²) in [7, 11) is -7.06. The second-order valence-electron chi connectivity index (χ2n) is 7.90. The van der Waals surface area contributed by atoms with Crippen LogP contribution in [0.3, 0.4) is 0 Å². The first-order valence-corrected chi connectivity index (χ1v) is 13.6. The van der Waals surface area contributed by atoms with Gasteiger partial charge in [0.2, 0.25) is 10.0 Å². The molecule has 2 aromatic carbocycles. The second-order valence-corrected chi connectivity index (χ2v) is 11.8. The molecule has 1 aliphatic rings. The third-order valence-corrected chi connectivity index (χ3v) is 8.68. The second kappa shape index (κ2) is 9.05. The molecule has 2 heterocycles. The van der Waals surface area contributed by atoms with Gasteiger partial charge in [-0.3, -0.25) is 9.78 Å². The Labute approximate surface area is 193 Å². The topological polar surface area (TPSA) is 122 Å². The lowest BCUT2D eigenvalue weighted by molar-refractivity contribution is 0.102. The summed E-state index contributed by atoms with van der Waals surface area (Å²) in [5, 5.41) is 2.75. The summed E-state index contributed by atoms with van der Waals surface area (Å²) in [5.74, 6) is -0.577. The van der Waals surface area contributed by atoms with E-state index in [1.807, 2.05) is 30.3 Å². The number of amides is 1. The molecule has 33 heavy (non-hydrogen) atoms. The Morgan fingerprint density at radius 2 is 1.70 bits per heavy atom. The molecule has 0 bridgehead atoms. The first kappa shape index (κ1) is 23.1. The maximum atomic E-state index is 12.7. The summed E-state index contributed by atoms with van der Waals surface area (Å²) in [5.41, 5.74) is 3.13. The van der Waals surface area contributed by atoms with Gasteiger partial charge in [0.25, 0.3) is 5.91 Å². The summed E-state index contributed by atoms with van der Waals surface area (Å²) >= 11 is 0. The number of sulfonamides is 1. The Balaban J connectivity index is 1.44. The average molecular weight is 486 g/mol. The molecule has 1 saturated heterocycles. The molecule has 172 valence electrons. The van der Waals surface area contributed by atoms with Gasteiger partial charge in [-0.15, -0.1) is 0 Å². The molecule has 1 unspecified atom stereocenters. The van der Waals surface area contributed by atoms with E-state index in [0.29, 0.717) is 16.9 Å². The van der Waals surface area contributed by atoms with Crippen molar-refractivity contribution in [2.45, 2.75) is 24.3 Å².